The first-order valence-corrected chi connectivity index (χ1v) is 9.87. The van der Waals surface area contributed by atoms with Crippen LogP contribution in [-0.2, 0) is 24.3 Å². The number of likely N-dealkylation sites (N-methyl/N-ethyl adjacent to an activating group) is 1. The van der Waals surface area contributed by atoms with Crippen LogP contribution in [-0.4, -0.2) is 49.8 Å². The highest BCUT2D eigenvalue weighted by molar-refractivity contribution is 7.89. The van der Waals surface area contributed by atoms with Crippen molar-refractivity contribution in [2.45, 2.75) is 50.2 Å². The zero-order valence-corrected chi connectivity index (χ0v) is 15.3. The van der Waals surface area contributed by atoms with Gasteiger partial charge < -0.3 is 10.1 Å². The minimum atomic E-state index is -3.79. The van der Waals surface area contributed by atoms with Crippen molar-refractivity contribution in [3.05, 3.63) is 30.3 Å². The molecule has 0 radical (unpaired) electrons. The summed E-state index contributed by atoms with van der Waals surface area (Å²) < 4.78 is 32.1. The number of hydrogen-bond donors (Lipinski definition) is 1. The molecule has 1 saturated heterocycles. The van der Waals surface area contributed by atoms with Crippen LogP contribution in [0.15, 0.2) is 35.2 Å². The fraction of sp³-hybridized carbons (Fsp3) is 0.529. The number of rotatable bonds is 6. The third kappa shape index (κ3) is 4.58. The number of benzene rings is 1. The van der Waals surface area contributed by atoms with Gasteiger partial charge in [-0.05, 0) is 45.2 Å². The fourth-order valence-corrected chi connectivity index (χ4v) is 4.45. The molecule has 1 heterocycles. The van der Waals surface area contributed by atoms with Crippen LogP contribution in [0.5, 0.6) is 0 Å². The van der Waals surface area contributed by atoms with E-state index >= 15 is 0 Å². The lowest BCUT2D eigenvalue weighted by Gasteiger charge is -2.33. The topological polar surface area (TPSA) is 92.8 Å². The number of nitrogens with zero attached hydrogens (tertiary/aromatic N) is 1. The SMILES string of the molecule is CCNC(=O)[C@H](C)OC(=O)[C@@H]1CCCCN1S(=O)(=O)c1ccccc1. The summed E-state index contributed by atoms with van der Waals surface area (Å²) in [5.41, 5.74) is 0. The van der Waals surface area contributed by atoms with Gasteiger partial charge in [-0.1, -0.05) is 18.2 Å². The second kappa shape index (κ2) is 8.44. The van der Waals surface area contributed by atoms with Crippen LogP contribution in [0.25, 0.3) is 0 Å². The van der Waals surface area contributed by atoms with E-state index in [0.717, 1.165) is 6.42 Å². The molecule has 138 valence electrons. The highest BCUT2D eigenvalue weighted by Crippen LogP contribution is 2.26. The Morgan fingerprint density at radius 3 is 2.60 bits per heavy atom. The van der Waals surface area contributed by atoms with Crippen LogP contribution in [0.2, 0.25) is 0 Å². The van der Waals surface area contributed by atoms with Gasteiger partial charge in [-0.2, -0.15) is 4.31 Å². The minimum Gasteiger partial charge on any atom is -0.451 e. The van der Waals surface area contributed by atoms with E-state index in [1.807, 2.05) is 0 Å². The van der Waals surface area contributed by atoms with Crippen molar-refractivity contribution in [2.75, 3.05) is 13.1 Å². The second-order valence-electron chi connectivity index (χ2n) is 5.91. The molecule has 1 N–H and O–H groups in total. The first-order chi connectivity index (χ1) is 11.9. The zero-order chi connectivity index (χ0) is 18.4. The number of nitrogens with one attached hydrogen (secondary N) is 1. The standard InChI is InChI=1S/C17H24N2O5S/c1-3-18-16(20)13(2)24-17(21)15-11-7-8-12-19(15)25(22,23)14-9-5-4-6-10-14/h4-6,9-10,13,15H,3,7-8,11-12H2,1-2H3,(H,18,20)/t13-,15-/m0/s1. The summed E-state index contributed by atoms with van der Waals surface area (Å²) >= 11 is 0. The first-order valence-electron chi connectivity index (χ1n) is 8.43. The summed E-state index contributed by atoms with van der Waals surface area (Å²) in [7, 11) is -3.79. The zero-order valence-electron chi connectivity index (χ0n) is 14.5. The lowest BCUT2D eigenvalue weighted by molar-refractivity contribution is -0.159. The molecular formula is C17H24N2O5S. The Bertz CT molecular complexity index is 705. The lowest BCUT2D eigenvalue weighted by atomic mass is 10.1. The number of carbonyl (C=O) groups excluding carboxylic acids is 2. The molecule has 7 nitrogen and oxygen atoms in total. The number of amides is 1. The van der Waals surface area contributed by atoms with Gasteiger partial charge in [-0.3, -0.25) is 9.59 Å². The summed E-state index contributed by atoms with van der Waals surface area (Å²) in [4.78, 5) is 24.4. The summed E-state index contributed by atoms with van der Waals surface area (Å²) in [5, 5.41) is 2.57. The third-order valence-electron chi connectivity index (χ3n) is 4.09. The van der Waals surface area contributed by atoms with E-state index in [4.69, 9.17) is 4.74 Å². The van der Waals surface area contributed by atoms with Gasteiger partial charge in [0.05, 0.1) is 4.90 Å². The Hall–Kier alpha value is -1.93. The van der Waals surface area contributed by atoms with E-state index < -0.39 is 34.0 Å². The van der Waals surface area contributed by atoms with Crippen molar-refractivity contribution in [3.8, 4) is 0 Å². The number of ether oxygens (including phenoxy) is 1. The molecule has 1 aromatic rings. The maximum atomic E-state index is 12.9. The molecule has 0 bridgehead atoms. The van der Waals surface area contributed by atoms with Crippen LogP contribution in [0.1, 0.15) is 33.1 Å². The Morgan fingerprint density at radius 1 is 1.28 bits per heavy atom. The van der Waals surface area contributed by atoms with Crippen molar-refractivity contribution in [3.63, 3.8) is 0 Å². The largest absolute Gasteiger partial charge is 0.451 e. The monoisotopic (exact) mass is 368 g/mol. The minimum absolute atomic E-state index is 0.145. The molecule has 1 amide bonds. The van der Waals surface area contributed by atoms with Crippen molar-refractivity contribution < 1.29 is 22.7 Å². The average molecular weight is 368 g/mol. The molecule has 25 heavy (non-hydrogen) atoms. The Morgan fingerprint density at radius 2 is 1.96 bits per heavy atom. The van der Waals surface area contributed by atoms with E-state index in [1.54, 1.807) is 25.1 Å². The van der Waals surface area contributed by atoms with Gasteiger partial charge in [0.2, 0.25) is 10.0 Å². The molecule has 1 fully saturated rings. The molecule has 1 aliphatic rings. The van der Waals surface area contributed by atoms with Gasteiger partial charge in [-0.25, -0.2) is 8.42 Å². The normalized spacial score (nSPS) is 19.8. The molecule has 0 aliphatic carbocycles. The number of sulfonamides is 1. The Labute approximate surface area is 148 Å². The molecule has 1 aliphatic heterocycles. The van der Waals surface area contributed by atoms with Crippen molar-refractivity contribution in [1.29, 1.82) is 0 Å². The molecular weight excluding hydrogens is 344 g/mol. The van der Waals surface area contributed by atoms with E-state index in [2.05, 4.69) is 5.32 Å². The maximum Gasteiger partial charge on any atom is 0.325 e. The molecule has 0 spiro atoms. The third-order valence-corrected chi connectivity index (χ3v) is 6.01. The molecule has 0 aromatic heterocycles. The summed E-state index contributed by atoms with van der Waals surface area (Å²) in [5.74, 6) is -1.08. The number of carbonyl (C=O) groups is 2. The van der Waals surface area contributed by atoms with Gasteiger partial charge >= 0.3 is 5.97 Å². The fourth-order valence-electron chi connectivity index (χ4n) is 2.78. The van der Waals surface area contributed by atoms with Crippen LogP contribution in [0.3, 0.4) is 0 Å². The summed E-state index contributed by atoms with van der Waals surface area (Å²) in [6.07, 6.45) is 0.834. The molecule has 2 atom stereocenters. The van der Waals surface area contributed by atoms with Crippen LogP contribution in [0, 0.1) is 0 Å². The number of esters is 1. The first kappa shape index (κ1) is 19.4. The summed E-state index contributed by atoms with van der Waals surface area (Å²) in [6, 6.07) is 7.11. The maximum absolute atomic E-state index is 12.9. The van der Waals surface area contributed by atoms with Gasteiger partial charge in [0, 0.05) is 13.1 Å². The average Bonchev–Trinajstić information content (AvgIpc) is 2.62. The molecule has 0 saturated carbocycles. The van der Waals surface area contributed by atoms with Crippen molar-refractivity contribution >= 4 is 21.9 Å². The second-order valence-corrected chi connectivity index (χ2v) is 7.80. The number of hydrogen-bond acceptors (Lipinski definition) is 5. The Balaban J connectivity index is 2.18. The van der Waals surface area contributed by atoms with Gasteiger partial charge in [0.15, 0.2) is 6.10 Å². The van der Waals surface area contributed by atoms with Gasteiger partial charge in [0.25, 0.3) is 5.91 Å². The van der Waals surface area contributed by atoms with Crippen molar-refractivity contribution in [2.24, 2.45) is 0 Å². The quantitative estimate of drug-likeness (QED) is 0.764. The van der Waals surface area contributed by atoms with Gasteiger partial charge in [0.1, 0.15) is 6.04 Å². The molecule has 1 aromatic carbocycles. The lowest BCUT2D eigenvalue weighted by Crippen LogP contribution is -2.50. The molecule has 0 unspecified atom stereocenters. The van der Waals surface area contributed by atoms with E-state index in [-0.39, 0.29) is 11.4 Å². The highest BCUT2D eigenvalue weighted by Gasteiger charge is 2.39. The van der Waals surface area contributed by atoms with E-state index in [1.165, 1.54) is 23.4 Å². The van der Waals surface area contributed by atoms with Crippen molar-refractivity contribution in [1.82, 2.24) is 9.62 Å². The van der Waals surface area contributed by atoms with Crippen LogP contribution < -0.4 is 5.32 Å². The molecule has 8 heteroatoms. The summed E-state index contributed by atoms with van der Waals surface area (Å²) in [6.45, 7) is 3.93. The Kier molecular flexibility index (Phi) is 6.55. The van der Waals surface area contributed by atoms with E-state index in [9.17, 15) is 18.0 Å². The van der Waals surface area contributed by atoms with Crippen LogP contribution >= 0.6 is 0 Å². The molecule has 2 rings (SSSR count). The van der Waals surface area contributed by atoms with Crippen LogP contribution in [0.4, 0.5) is 0 Å². The van der Waals surface area contributed by atoms with E-state index in [0.29, 0.717) is 19.4 Å². The predicted octanol–water partition coefficient (Wildman–Crippen LogP) is 1.30. The van der Waals surface area contributed by atoms with Gasteiger partial charge in [-0.15, -0.1) is 0 Å². The smallest absolute Gasteiger partial charge is 0.325 e. The number of piperidine rings is 1. The highest BCUT2D eigenvalue weighted by atomic mass is 32.2. The predicted molar refractivity (Wildman–Crippen MR) is 92.2 cm³/mol.